The molecule has 4 rings (SSSR count). The number of piperidine rings is 1. The van der Waals surface area contributed by atoms with Crippen molar-refractivity contribution in [3.8, 4) is 5.75 Å². The van der Waals surface area contributed by atoms with Crippen LogP contribution in [0, 0.1) is 5.92 Å². The van der Waals surface area contributed by atoms with Gasteiger partial charge in [0.1, 0.15) is 11.5 Å². The van der Waals surface area contributed by atoms with E-state index in [1.807, 2.05) is 48.2 Å². The summed E-state index contributed by atoms with van der Waals surface area (Å²) in [5.74, 6) is 1.41. The molecule has 1 aliphatic heterocycles. The third kappa shape index (κ3) is 4.74. The maximum absolute atomic E-state index is 13.1. The van der Waals surface area contributed by atoms with Crippen molar-refractivity contribution in [2.45, 2.75) is 32.2 Å². The lowest BCUT2D eigenvalue weighted by molar-refractivity contribution is -0.136. The molecule has 1 saturated heterocycles. The first-order valence-corrected chi connectivity index (χ1v) is 10.7. The molecule has 2 heterocycles. The van der Waals surface area contributed by atoms with E-state index in [0.717, 1.165) is 27.8 Å². The van der Waals surface area contributed by atoms with Crippen molar-refractivity contribution in [3.05, 3.63) is 66.1 Å². The van der Waals surface area contributed by atoms with E-state index >= 15 is 0 Å². The first-order valence-electron chi connectivity index (χ1n) is 10.7. The van der Waals surface area contributed by atoms with Crippen LogP contribution in [-0.4, -0.2) is 36.9 Å². The largest absolute Gasteiger partial charge is 0.497 e. The fourth-order valence-electron chi connectivity index (χ4n) is 4.15. The zero-order valence-electron chi connectivity index (χ0n) is 18.0. The number of carbonyl (C=O) groups is 2. The van der Waals surface area contributed by atoms with Gasteiger partial charge in [-0.25, -0.2) is 0 Å². The Balaban J connectivity index is 1.33. The van der Waals surface area contributed by atoms with Gasteiger partial charge >= 0.3 is 0 Å². The Bertz CT molecular complexity index is 1050. The summed E-state index contributed by atoms with van der Waals surface area (Å²) in [6.07, 6.45) is 2.96. The topological polar surface area (TPSA) is 71.8 Å². The number of fused-ring (bicyclic) bond motifs is 1. The van der Waals surface area contributed by atoms with Crippen LogP contribution in [0.4, 0.5) is 0 Å². The maximum Gasteiger partial charge on any atom is 0.229 e. The van der Waals surface area contributed by atoms with Crippen molar-refractivity contribution >= 4 is 22.6 Å². The van der Waals surface area contributed by atoms with Gasteiger partial charge in [-0.3, -0.25) is 9.59 Å². The van der Waals surface area contributed by atoms with Gasteiger partial charge in [-0.2, -0.15) is 0 Å². The van der Waals surface area contributed by atoms with Crippen molar-refractivity contribution in [3.63, 3.8) is 0 Å². The fourth-order valence-corrected chi connectivity index (χ4v) is 4.15. The number of nitrogens with zero attached hydrogens (tertiary/aromatic N) is 1. The quantitative estimate of drug-likeness (QED) is 0.652. The highest BCUT2D eigenvalue weighted by atomic mass is 16.5. The Hall–Kier alpha value is -3.28. The molecule has 6 heteroatoms. The van der Waals surface area contributed by atoms with Crippen molar-refractivity contribution in [1.82, 2.24) is 10.2 Å². The summed E-state index contributed by atoms with van der Waals surface area (Å²) in [7, 11) is 1.65. The number of likely N-dealkylation sites (tertiary alicyclic amines) is 1. The molecule has 1 aliphatic rings. The van der Waals surface area contributed by atoms with E-state index in [9.17, 15) is 9.59 Å². The molecule has 1 atom stereocenters. The second-order valence-electron chi connectivity index (χ2n) is 8.09. The Labute approximate surface area is 182 Å². The third-order valence-electron chi connectivity index (χ3n) is 6.14. The fraction of sp³-hybridized carbons (Fsp3) is 0.360. The minimum Gasteiger partial charge on any atom is -0.497 e. The summed E-state index contributed by atoms with van der Waals surface area (Å²) >= 11 is 0. The number of amides is 2. The van der Waals surface area contributed by atoms with E-state index in [1.54, 1.807) is 19.4 Å². The van der Waals surface area contributed by atoms with Crippen LogP contribution >= 0.6 is 0 Å². The summed E-state index contributed by atoms with van der Waals surface area (Å²) in [6.45, 7) is 3.56. The molecule has 0 unspecified atom stereocenters. The Morgan fingerprint density at radius 3 is 2.58 bits per heavy atom. The number of rotatable bonds is 6. The summed E-state index contributed by atoms with van der Waals surface area (Å²) in [5, 5.41) is 5.10. The lowest BCUT2D eigenvalue weighted by atomic mass is 9.92. The normalized spacial score (nSPS) is 15.6. The Morgan fingerprint density at radius 1 is 1.13 bits per heavy atom. The first kappa shape index (κ1) is 21.0. The van der Waals surface area contributed by atoms with Crippen LogP contribution in [0.5, 0.6) is 5.75 Å². The SMILES string of the molecule is COc1ccc2cc([C@H](C)C(=O)N3CCC(C(=O)NCc4ccco4)CC3)ccc2c1. The molecule has 0 spiro atoms. The van der Waals surface area contributed by atoms with Crippen molar-refractivity contribution in [2.24, 2.45) is 5.92 Å². The highest BCUT2D eigenvalue weighted by Crippen LogP contribution is 2.27. The molecule has 0 aliphatic carbocycles. The number of carbonyl (C=O) groups excluding carboxylic acids is 2. The molecule has 3 aromatic rings. The lowest BCUT2D eigenvalue weighted by Gasteiger charge is -2.33. The first-order chi connectivity index (χ1) is 15.0. The number of methoxy groups -OCH3 is 1. The highest BCUT2D eigenvalue weighted by molar-refractivity contribution is 5.88. The minimum absolute atomic E-state index is 0.0292. The van der Waals surface area contributed by atoms with E-state index in [0.29, 0.717) is 32.5 Å². The minimum atomic E-state index is -0.226. The second-order valence-corrected chi connectivity index (χ2v) is 8.09. The summed E-state index contributed by atoms with van der Waals surface area (Å²) in [5.41, 5.74) is 1.00. The molecule has 2 amide bonds. The van der Waals surface area contributed by atoms with E-state index in [-0.39, 0.29) is 23.7 Å². The van der Waals surface area contributed by atoms with Crippen molar-refractivity contribution in [2.75, 3.05) is 20.2 Å². The highest BCUT2D eigenvalue weighted by Gasteiger charge is 2.29. The number of furan rings is 1. The van der Waals surface area contributed by atoms with E-state index < -0.39 is 0 Å². The lowest BCUT2D eigenvalue weighted by Crippen LogP contribution is -2.44. The zero-order valence-corrected chi connectivity index (χ0v) is 18.0. The molecular weight excluding hydrogens is 392 g/mol. The van der Waals surface area contributed by atoms with Gasteiger partial charge < -0.3 is 19.4 Å². The molecule has 1 fully saturated rings. The van der Waals surface area contributed by atoms with Gasteiger partial charge in [-0.05, 0) is 60.4 Å². The van der Waals surface area contributed by atoms with Crippen LogP contribution in [0.3, 0.4) is 0 Å². The van der Waals surface area contributed by atoms with Crippen molar-refractivity contribution < 1.29 is 18.7 Å². The predicted octanol–water partition coefficient (Wildman–Crippen LogP) is 4.10. The summed E-state index contributed by atoms with van der Waals surface area (Å²) < 4.78 is 10.5. The Kier molecular flexibility index (Phi) is 6.26. The van der Waals surface area contributed by atoms with Crippen LogP contribution in [0.1, 0.15) is 37.0 Å². The summed E-state index contributed by atoms with van der Waals surface area (Å²) in [4.78, 5) is 27.4. The second kappa shape index (κ2) is 9.25. The van der Waals surface area contributed by atoms with Gasteiger partial charge in [0.05, 0.1) is 25.8 Å². The van der Waals surface area contributed by atoms with E-state index in [4.69, 9.17) is 9.15 Å². The van der Waals surface area contributed by atoms with Crippen LogP contribution < -0.4 is 10.1 Å². The smallest absolute Gasteiger partial charge is 0.229 e. The van der Waals surface area contributed by atoms with E-state index in [1.165, 1.54) is 0 Å². The van der Waals surface area contributed by atoms with Crippen LogP contribution in [0.15, 0.2) is 59.2 Å². The molecule has 2 aromatic carbocycles. The number of hydrogen-bond acceptors (Lipinski definition) is 4. The van der Waals surface area contributed by atoms with Crippen molar-refractivity contribution in [1.29, 1.82) is 0 Å². The van der Waals surface area contributed by atoms with Crippen LogP contribution in [0.25, 0.3) is 10.8 Å². The predicted molar refractivity (Wildman–Crippen MR) is 119 cm³/mol. The molecule has 0 saturated carbocycles. The molecule has 6 nitrogen and oxygen atoms in total. The maximum atomic E-state index is 13.1. The summed E-state index contributed by atoms with van der Waals surface area (Å²) in [6, 6.07) is 15.7. The molecule has 0 radical (unpaired) electrons. The number of hydrogen-bond donors (Lipinski definition) is 1. The average Bonchev–Trinajstić information content (AvgIpc) is 3.34. The molecular formula is C25H28N2O4. The van der Waals surface area contributed by atoms with Gasteiger partial charge in [0.2, 0.25) is 11.8 Å². The van der Waals surface area contributed by atoms with E-state index in [2.05, 4.69) is 11.4 Å². The number of benzene rings is 2. The van der Waals surface area contributed by atoms with Gasteiger partial charge in [0, 0.05) is 19.0 Å². The average molecular weight is 421 g/mol. The number of ether oxygens (including phenoxy) is 1. The van der Waals surface area contributed by atoms with Gasteiger partial charge in [0.25, 0.3) is 0 Å². The molecule has 0 bridgehead atoms. The molecule has 162 valence electrons. The monoisotopic (exact) mass is 420 g/mol. The molecule has 1 aromatic heterocycles. The zero-order chi connectivity index (χ0) is 21.8. The third-order valence-corrected chi connectivity index (χ3v) is 6.14. The Morgan fingerprint density at radius 2 is 1.87 bits per heavy atom. The van der Waals surface area contributed by atoms with Gasteiger partial charge in [0.15, 0.2) is 0 Å². The van der Waals surface area contributed by atoms with Gasteiger partial charge in [-0.1, -0.05) is 24.3 Å². The van der Waals surface area contributed by atoms with Gasteiger partial charge in [-0.15, -0.1) is 0 Å². The van der Waals surface area contributed by atoms with Crippen LogP contribution in [-0.2, 0) is 16.1 Å². The number of nitrogens with one attached hydrogen (secondary N) is 1. The van der Waals surface area contributed by atoms with Crippen LogP contribution in [0.2, 0.25) is 0 Å². The molecule has 31 heavy (non-hydrogen) atoms. The standard InChI is InChI=1S/C25H28N2O4/c1-17(19-5-6-21-15-22(30-2)8-7-20(21)14-19)25(29)27-11-9-18(10-12-27)24(28)26-16-23-4-3-13-31-23/h3-8,13-15,17-18H,9-12,16H2,1-2H3,(H,26,28)/t17-/m0/s1. The molecule has 1 N–H and O–H groups in total.